The summed E-state index contributed by atoms with van der Waals surface area (Å²) in [5.41, 5.74) is 0. The van der Waals surface area contributed by atoms with Crippen molar-refractivity contribution >= 4 is 17.8 Å². The first-order valence-electron chi connectivity index (χ1n) is 5.07. The minimum Gasteiger partial charge on any atom is -0.480 e. The normalized spacial score (nSPS) is 9.76. The van der Waals surface area contributed by atoms with Crippen molar-refractivity contribution in [3.8, 4) is 0 Å². The van der Waals surface area contributed by atoms with Gasteiger partial charge in [0, 0.05) is 20.0 Å². The highest BCUT2D eigenvalue weighted by atomic mass is 16.5. The Hall–Kier alpha value is -1.63. The highest BCUT2D eigenvalue weighted by Crippen LogP contribution is 1.96. The standard InChI is InChI=1S/C10H17NO6/c1-11(5-3-4-10(15)16-2)8(12)6-17-7-9(13)14/h3-7H2,1-2H3,(H,13,14). The van der Waals surface area contributed by atoms with Gasteiger partial charge >= 0.3 is 11.9 Å². The molecule has 0 unspecified atom stereocenters. The van der Waals surface area contributed by atoms with Gasteiger partial charge in [-0.15, -0.1) is 0 Å². The van der Waals surface area contributed by atoms with Gasteiger partial charge in [0.1, 0.15) is 13.2 Å². The van der Waals surface area contributed by atoms with E-state index in [0.717, 1.165) is 0 Å². The molecule has 0 bridgehead atoms. The molecular formula is C10H17NO6. The molecule has 0 aliphatic heterocycles. The van der Waals surface area contributed by atoms with E-state index in [0.29, 0.717) is 13.0 Å². The molecule has 1 amide bonds. The zero-order chi connectivity index (χ0) is 13.3. The maximum absolute atomic E-state index is 11.4. The van der Waals surface area contributed by atoms with Crippen molar-refractivity contribution in [1.82, 2.24) is 4.90 Å². The number of hydrogen-bond donors (Lipinski definition) is 1. The van der Waals surface area contributed by atoms with Crippen LogP contribution in [0.2, 0.25) is 0 Å². The van der Waals surface area contributed by atoms with Gasteiger partial charge in [0.2, 0.25) is 5.91 Å². The fraction of sp³-hybridized carbons (Fsp3) is 0.700. The van der Waals surface area contributed by atoms with E-state index in [9.17, 15) is 14.4 Å². The van der Waals surface area contributed by atoms with Crippen LogP contribution in [0.5, 0.6) is 0 Å². The molecule has 0 atom stereocenters. The maximum atomic E-state index is 11.4. The second kappa shape index (κ2) is 8.51. The number of methoxy groups -OCH3 is 1. The molecule has 0 aromatic carbocycles. The first-order valence-corrected chi connectivity index (χ1v) is 5.07. The second-order valence-corrected chi connectivity index (χ2v) is 3.38. The van der Waals surface area contributed by atoms with E-state index < -0.39 is 12.6 Å². The first kappa shape index (κ1) is 15.4. The number of carboxylic acids is 1. The summed E-state index contributed by atoms with van der Waals surface area (Å²) < 4.78 is 9.10. The minimum atomic E-state index is -1.12. The summed E-state index contributed by atoms with van der Waals surface area (Å²) in [5, 5.41) is 8.29. The van der Waals surface area contributed by atoms with Gasteiger partial charge in [-0.05, 0) is 6.42 Å². The molecule has 0 saturated heterocycles. The highest BCUT2D eigenvalue weighted by Gasteiger charge is 2.10. The van der Waals surface area contributed by atoms with Crippen LogP contribution >= 0.6 is 0 Å². The summed E-state index contributed by atoms with van der Waals surface area (Å²) in [7, 11) is 2.86. The van der Waals surface area contributed by atoms with Crippen molar-refractivity contribution in [3.63, 3.8) is 0 Å². The molecule has 0 aromatic rings. The number of hydrogen-bond acceptors (Lipinski definition) is 5. The average Bonchev–Trinajstić information content (AvgIpc) is 2.27. The fourth-order valence-electron chi connectivity index (χ4n) is 1.02. The van der Waals surface area contributed by atoms with Crippen LogP contribution in [0.1, 0.15) is 12.8 Å². The van der Waals surface area contributed by atoms with Crippen molar-refractivity contribution in [2.45, 2.75) is 12.8 Å². The molecule has 1 N–H and O–H groups in total. The fourth-order valence-corrected chi connectivity index (χ4v) is 1.02. The number of likely N-dealkylation sites (N-methyl/N-ethyl adjacent to an activating group) is 1. The van der Waals surface area contributed by atoms with Crippen LogP contribution < -0.4 is 0 Å². The molecule has 0 aromatic heterocycles. The molecule has 7 heteroatoms. The Morgan fingerprint density at radius 3 is 2.41 bits per heavy atom. The number of carboxylic acid groups (broad SMARTS) is 1. The summed E-state index contributed by atoms with van der Waals surface area (Å²) in [6.45, 7) is -0.382. The molecule has 98 valence electrons. The third kappa shape index (κ3) is 8.21. The van der Waals surface area contributed by atoms with Gasteiger partial charge in [0.15, 0.2) is 0 Å². The van der Waals surface area contributed by atoms with Gasteiger partial charge in [-0.25, -0.2) is 4.79 Å². The minimum absolute atomic E-state index is 0.240. The van der Waals surface area contributed by atoms with E-state index in [4.69, 9.17) is 5.11 Å². The maximum Gasteiger partial charge on any atom is 0.329 e. The molecule has 0 aliphatic rings. The van der Waals surface area contributed by atoms with E-state index in [-0.39, 0.29) is 24.9 Å². The van der Waals surface area contributed by atoms with Crippen LogP contribution in [0.4, 0.5) is 0 Å². The summed E-state index contributed by atoms with van der Waals surface area (Å²) in [4.78, 5) is 33.7. The van der Waals surface area contributed by atoms with E-state index in [1.54, 1.807) is 7.05 Å². The number of amides is 1. The van der Waals surface area contributed by atoms with E-state index >= 15 is 0 Å². The summed E-state index contributed by atoms with van der Waals surface area (Å²) in [5.74, 6) is -1.77. The molecular weight excluding hydrogens is 230 g/mol. The zero-order valence-electron chi connectivity index (χ0n) is 9.97. The Morgan fingerprint density at radius 2 is 1.88 bits per heavy atom. The Balaban J connectivity index is 3.67. The third-order valence-electron chi connectivity index (χ3n) is 1.98. The van der Waals surface area contributed by atoms with Crippen molar-refractivity contribution in [1.29, 1.82) is 0 Å². The molecule has 0 saturated carbocycles. The monoisotopic (exact) mass is 247 g/mol. The van der Waals surface area contributed by atoms with Gasteiger partial charge in [-0.3, -0.25) is 9.59 Å². The second-order valence-electron chi connectivity index (χ2n) is 3.38. The Kier molecular flexibility index (Phi) is 7.70. The molecule has 0 rings (SSSR count). The van der Waals surface area contributed by atoms with Gasteiger partial charge in [0.05, 0.1) is 7.11 Å². The Labute approximate surface area is 99.3 Å². The predicted octanol–water partition coefficient (Wildman–Crippen LogP) is -0.501. The predicted molar refractivity (Wildman–Crippen MR) is 57.3 cm³/mol. The quantitative estimate of drug-likeness (QED) is 0.581. The molecule has 0 heterocycles. The summed E-state index contributed by atoms with van der Waals surface area (Å²) in [6.07, 6.45) is 0.734. The van der Waals surface area contributed by atoms with E-state index in [1.165, 1.54) is 12.0 Å². The van der Waals surface area contributed by atoms with Gasteiger partial charge in [0.25, 0.3) is 0 Å². The molecule has 0 fully saturated rings. The van der Waals surface area contributed by atoms with Gasteiger partial charge in [-0.1, -0.05) is 0 Å². The van der Waals surface area contributed by atoms with Crippen molar-refractivity contribution in [3.05, 3.63) is 0 Å². The lowest BCUT2D eigenvalue weighted by molar-refractivity contribution is -0.146. The lowest BCUT2D eigenvalue weighted by Crippen LogP contribution is -2.32. The number of carbonyl (C=O) groups excluding carboxylic acids is 2. The van der Waals surface area contributed by atoms with Crippen LogP contribution in [0.15, 0.2) is 0 Å². The van der Waals surface area contributed by atoms with Crippen LogP contribution in [0.25, 0.3) is 0 Å². The van der Waals surface area contributed by atoms with Gasteiger partial charge < -0.3 is 19.5 Å². The number of rotatable bonds is 8. The number of ether oxygens (including phenoxy) is 2. The average molecular weight is 247 g/mol. The van der Waals surface area contributed by atoms with E-state index in [1.807, 2.05) is 0 Å². The van der Waals surface area contributed by atoms with Crippen LogP contribution in [-0.2, 0) is 23.9 Å². The van der Waals surface area contributed by atoms with Crippen molar-refractivity contribution in [2.75, 3.05) is 33.9 Å². The molecule has 0 radical (unpaired) electrons. The molecule has 7 nitrogen and oxygen atoms in total. The Bertz CT molecular complexity index is 278. The number of esters is 1. The lowest BCUT2D eigenvalue weighted by Gasteiger charge is -2.16. The lowest BCUT2D eigenvalue weighted by atomic mass is 10.3. The van der Waals surface area contributed by atoms with Crippen molar-refractivity contribution in [2.24, 2.45) is 0 Å². The highest BCUT2D eigenvalue weighted by molar-refractivity contribution is 5.77. The SMILES string of the molecule is COC(=O)CCCN(C)C(=O)COCC(=O)O. The van der Waals surface area contributed by atoms with Crippen LogP contribution in [0, 0.1) is 0 Å². The van der Waals surface area contributed by atoms with E-state index in [2.05, 4.69) is 9.47 Å². The number of nitrogens with zero attached hydrogens (tertiary/aromatic N) is 1. The van der Waals surface area contributed by atoms with Crippen LogP contribution in [0.3, 0.4) is 0 Å². The molecule has 0 spiro atoms. The molecule has 17 heavy (non-hydrogen) atoms. The summed E-state index contributed by atoms with van der Waals surface area (Å²) in [6, 6.07) is 0. The van der Waals surface area contributed by atoms with Crippen molar-refractivity contribution < 1.29 is 29.0 Å². The van der Waals surface area contributed by atoms with Gasteiger partial charge in [-0.2, -0.15) is 0 Å². The first-order chi connectivity index (χ1) is 7.97. The van der Waals surface area contributed by atoms with Crippen LogP contribution in [-0.4, -0.2) is 61.8 Å². The number of aliphatic carboxylic acids is 1. The zero-order valence-corrected chi connectivity index (χ0v) is 9.97. The Morgan fingerprint density at radius 1 is 1.24 bits per heavy atom. The molecule has 0 aliphatic carbocycles. The summed E-state index contributed by atoms with van der Waals surface area (Å²) >= 11 is 0. The third-order valence-corrected chi connectivity index (χ3v) is 1.98. The largest absolute Gasteiger partial charge is 0.480 e. The smallest absolute Gasteiger partial charge is 0.329 e. The topological polar surface area (TPSA) is 93.1 Å². The number of carbonyl (C=O) groups is 3.